The highest BCUT2D eigenvalue weighted by Crippen LogP contribution is 2.15. The lowest BCUT2D eigenvalue weighted by molar-refractivity contribution is 0.0656. The molecule has 2 N–H and O–H groups in total. The maximum absolute atomic E-state index is 11.8. The van der Waals surface area contributed by atoms with E-state index in [4.69, 9.17) is 9.52 Å². The molecule has 0 amide bonds. The van der Waals surface area contributed by atoms with Crippen molar-refractivity contribution in [3.63, 3.8) is 0 Å². The van der Waals surface area contributed by atoms with Gasteiger partial charge in [0.05, 0.1) is 0 Å². The standard InChI is InChI=1S/C10H15NO5S/c1-6(2)7(3)11-17(14,15)9-5-4-8(16-9)10(12)13/h4-7,11H,1-3H3,(H,12,13). The van der Waals surface area contributed by atoms with Gasteiger partial charge in [0.1, 0.15) is 0 Å². The Morgan fingerprint density at radius 3 is 2.35 bits per heavy atom. The Balaban J connectivity index is 2.93. The van der Waals surface area contributed by atoms with Crippen LogP contribution in [0.4, 0.5) is 0 Å². The van der Waals surface area contributed by atoms with Crippen LogP contribution in [0.1, 0.15) is 31.3 Å². The fraction of sp³-hybridized carbons (Fsp3) is 0.500. The Bertz CT molecular complexity index is 503. The van der Waals surface area contributed by atoms with Crippen LogP contribution in [0.5, 0.6) is 0 Å². The summed E-state index contributed by atoms with van der Waals surface area (Å²) in [6.45, 7) is 5.47. The van der Waals surface area contributed by atoms with Crippen LogP contribution in [-0.2, 0) is 10.0 Å². The predicted molar refractivity (Wildman–Crippen MR) is 60.3 cm³/mol. The molecule has 7 heteroatoms. The molecule has 1 unspecified atom stereocenters. The molecular formula is C10H15NO5S. The van der Waals surface area contributed by atoms with Crippen LogP contribution in [-0.4, -0.2) is 25.5 Å². The van der Waals surface area contributed by atoms with Crippen LogP contribution in [0.3, 0.4) is 0 Å². The average molecular weight is 261 g/mol. The van der Waals surface area contributed by atoms with Gasteiger partial charge in [-0.05, 0) is 25.0 Å². The number of rotatable bonds is 5. The lowest BCUT2D eigenvalue weighted by Crippen LogP contribution is -2.35. The number of hydrogen-bond acceptors (Lipinski definition) is 4. The predicted octanol–water partition coefficient (Wildman–Crippen LogP) is 1.30. The highest BCUT2D eigenvalue weighted by Gasteiger charge is 2.23. The summed E-state index contributed by atoms with van der Waals surface area (Å²) >= 11 is 0. The minimum absolute atomic E-state index is 0.124. The molecule has 0 saturated carbocycles. The first-order valence-electron chi connectivity index (χ1n) is 5.09. The molecule has 0 aliphatic heterocycles. The van der Waals surface area contributed by atoms with Crippen molar-refractivity contribution < 1.29 is 22.7 Å². The summed E-state index contributed by atoms with van der Waals surface area (Å²) in [5.74, 6) is -1.58. The Labute approximate surface area is 99.7 Å². The summed E-state index contributed by atoms with van der Waals surface area (Å²) in [4.78, 5) is 10.6. The number of sulfonamides is 1. The largest absolute Gasteiger partial charge is 0.475 e. The third-order valence-corrected chi connectivity index (χ3v) is 3.83. The zero-order chi connectivity index (χ0) is 13.2. The minimum atomic E-state index is -3.80. The van der Waals surface area contributed by atoms with Gasteiger partial charge in [-0.3, -0.25) is 0 Å². The second kappa shape index (κ2) is 4.89. The Hall–Kier alpha value is -1.34. The van der Waals surface area contributed by atoms with Crippen LogP contribution in [0, 0.1) is 5.92 Å². The molecule has 0 radical (unpaired) electrons. The molecule has 0 fully saturated rings. The van der Waals surface area contributed by atoms with E-state index < -0.39 is 21.8 Å². The van der Waals surface area contributed by atoms with Gasteiger partial charge in [0, 0.05) is 6.04 Å². The number of aromatic carboxylic acids is 1. The van der Waals surface area contributed by atoms with E-state index in [0.29, 0.717) is 0 Å². The second-order valence-electron chi connectivity index (χ2n) is 4.08. The Morgan fingerprint density at radius 2 is 1.94 bits per heavy atom. The van der Waals surface area contributed by atoms with E-state index in [1.165, 1.54) is 0 Å². The van der Waals surface area contributed by atoms with Crippen molar-refractivity contribution in [2.75, 3.05) is 0 Å². The highest BCUT2D eigenvalue weighted by molar-refractivity contribution is 7.89. The summed E-state index contributed by atoms with van der Waals surface area (Å²) in [5.41, 5.74) is 0. The number of nitrogens with one attached hydrogen (secondary N) is 1. The van der Waals surface area contributed by atoms with Gasteiger partial charge in [-0.2, -0.15) is 0 Å². The van der Waals surface area contributed by atoms with Crippen molar-refractivity contribution in [1.82, 2.24) is 4.72 Å². The van der Waals surface area contributed by atoms with Crippen molar-refractivity contribution in [1.29, 1.82) is 0 Å². The zero-order valence-corrected chi connectivity index (χ0v) is 10.6. The van der Waals surface area contributed by atoms with E-state index in [1.807, 2.05) is 13.8 Å². The Kier molecular flexibility index (Phi) is 3.94. The third-order valence-electron chi connectivity index (χ3n) is 2.40. The quantitative estimate of drug-likeness (QED) is 0.832. The first-order chi connectivity index (χ1) is 7.74. The SMILES string of the molecule is CC(C)C(C)NS(=O)(=O)c1ccc(C(=O)O)o1. The van der Waals surface area contributed by atoms with Gasteiger partial charge >= 0.3 is 5.97 Å². The molecule has 1 aromatic rings. The van der Waals surface area contributed by atoms with Crippen LogP contribution in [0.25, 0.3) is 0 Å². The van der Waals surface area contributed by atoms with Gasteiger partial charge in [0.2, 0.25) is 10.9 Å². The number of carboxylic acid groups (broad SMARTS) is 1. The lowest BCUT2D eigenvalue weighted by Gasteiger charge is -2.16. The van der Waals surface area contributed by atoms with Crippen molar-refractivity contribution in [2.45, 2.75) is 31.9 Å². The molecule has 17 heavy (non-hydrogen) atoms. The molecular weight excluding hydrogens is 246 g/mol. The van der Waals surface area contributed by atoms with Crippen molar-refractivity contribution >= 4 is 16.0 Å². The molecule has 0 spiro atoms. The van der Waals surface area contributed by atoms with Gasteiger partial charge in [-0.25, -0.2) is 17.9 Å². The number of hydrogen-bond donors (Lipinski definition) is 2. The van der Waals surface area contributed by atoms with E-state index in [1.54, 1.807) is 6.92 Å². The fourth-order valence-corrected chi connectivity index (χ4v) is 2.34. The normalized spacial score (nSPS) is 13.9. The molecule has 0 saturated heterocycles. The Morgan fingerprint density at radius 1 is 1.35 bits per heavy atom. The zero-order valence-electron chi connectivity index (χ0n) is 9.80. The first-order valence-corrected chi connectivity index (χ1v) is 6.58. The molecule has 1 aromatic heterocycles. The molecule has 0 aliphatic rings. The van der Waals surface area contributed by atoms with Crippen molar-refractivity contribution in [3.8, 4) is 0 Å². The number of carbonyl (C=O) groups is 1. The maximum atomic E-state index is 11.8. The van der Waals surface area contributed by atoms with Crippen molar-refractivity contribution in [2.24, 2.45) is 5.92 Å². The molecule has 6 nitrogen and oxygen atoms in total. The molecule has 0 bridgehead atoms. The third kappa shape index (κ3) is 3.31. The molecule has 0 aliphatic carbocycles. The maximum Gasteiger partial charge on any atom is 0.371 e. The average Bonchev–Trinajstić information content (AvgIpc) is 2.65. The van der Waals surface area contributed by atoms with Crippen molar-refractivity contribution in [3.05, 3.63) is 17.9 Å². The second-order valence-corrected chi connectivity index (χ2v) is 5.72. The van der Waals surface area contributed by atoms with Gasteiger partial charge in [0.25, 0.3) is 10.0 Å². The fourth-order valence-electron chi connectivity index (χ4n) is 1.02. The number of carboxylic acids is 1. The van der Waals surface area contributed by atoms with Crippen LogP contribution in [0.15, 0.2) is 21.6 Å². The van der Waals surface area contributed by atoms with Gasteiger partial charge in [-0.15, -0.1) is 0 Å². The van der Waals surface area contributed by atoms with Crippen LogP contribution >= 0.6 is 0 Å². The summed E-state index contributed by atoms with van der Waals surface area (Å²) in [6, 6.07) is 1.97. The van der Waals surface area contributed by atoms with Crippen LogP contribution < -0.4 is 4.72 Å². The number of furan rings is 1. The molecule has 96 valence electrons. The van der Waals surface area contributed by atoms with Gasteiger partial charge in [-0.1, -0.05) is 13.8 Å². The van der Waals surface area contributed by atoms with E-state index in [-0.39, 0.29) is 17.1 Å². The summed E-state index contributed by atoms with van der Waals surface area (Å²) in [6.07, 6.45) is 0. The highest BCUT2D eigenvalue weighted by atomic mass is 32.2. The topological polar surface area (TPSA) is 96.6 Å². The van der Waals surface area contributed by atoms with E-state index in [2.05, 4.69) is 4.72 Å². The smallest absolute Gasteiger partial charge is 0.371 e. The van der Waals surface area contributed by atoms with E-state index in [0.717, 1.165) is 12.1 Å². The lowest BCUT2D eigenvalue weighted by atomic mass is 10.1. The molecule has 1 rings (SSSR count). The van der Waals surface area contributed by atoms with E-state index in [9.17, 15) is 13.2 Å². The van der Waals surface area contributed by atoms with Crippen LogP contribution in [0.2, 0.25) is 0 Å². The monoisotopic (exact) mass is 261 g/mol. The summed E-state index contributed by atoms with van der Waals surface area (Å²) in [7, 11) is -3.80. The summed E-state index contributed by atoms with van der Waals surface area (Å²) in [5, 5.41) is 8.24. The van der Waals surface area contributed by atoms with Gasteiger partial charge in [0.15, 0.2) is 0 Å². The molecule has 1 heterocycles. The molecule has 0 aromatic carbocycles. The van der Waals surface area contributed by atoms with Gasteiger partial charge < -0.3 is 9.52 Å². The summed E-state index contributed by atoms with van der Waals surface area (Å²) < 4.78 is 30.7. The van der Waals surface area contributed by atoms with E-state index >= 15 is 0 Å². The first kappa shape index (κ1) is 13.7. The minimum Gasteiger partial charge on any atom is -0.475 e. The molecule has 1 atom stereocenters.